The Labute approximate surface area is 117 Å². The minimum atomic E-state index is -4.35. The molecule has 1 amide bonds. The van der Waals surface area contributed by atoms with E-state index >= 15 is 0 Å². The number of hydrogen-bond donors (Lipinski definition) is 1. The van der Waals surface area contributed by atoms with Gasteiger partial charge in [-0.15, -0.1) is 0 Å². The van der Waals surface area contributed by atoms with Crippen LogP contribution in [0.5, 0.6) is 0 Å². The number of carbonyl (C=O) groups excluding carboxylic acids is 1. The van der Waals surface area contributed by atoms with Gasteiger partial charge < -0.3 is 5.32 Å². The van der Waals surface area contributed by atoms with Crippen molar-refractivity contribution < 1.29 is 18.0 Å². The van der Waals surface area contributed by atoms with E-state index in [1.165, 1.54) is 12.1 Å². The van der Waals surface area contributed by atoms with Gasteiger partial charge in [0.15, 0.2) is 0 Å². The van der Waals surface area contributed by atoms with Crippen LogP contribution in [0, 0.1) is 5.92 Å². The number of rotatable bonds is 6. The molecule has 0 aliphatic rings. The number of nitrogens with one attached hydrogen (secondary N) is 1. The molecule has 1 aromatic rings. The van der Waals surface area contributed by atoms with E-state index in [4.69, 9.17) is 0 Å². The number of carbonyl (C=O) groups is 1. The lowest BCUT2D eigenvalue weighted by Crippen LogP contribution is -2.22. The van der Waals surface area contributed by atoms with Crippen LogP contribution in [0.4, 0.5) is 18.9 Å². The molecule has 0 saturated carbocycles. The van der Waals surface area contributed by atoms with Gasteiger partial charge in [-0.2, -0.15) is 13.2 Å². The Bertz CT molecular complexity index is 420. The molecule has 1 aromatic carbocycles. The number of amides is 1. The van der Waals surface area contributed by atoms with Crippen LogP contribution in [0.15, 0.2) is 24.3 Å². The molecule has 0 unspecified atom stereocenters. The van der Waals surface area contributed by atoms with Crippen molar-refractivity contribution in [1.29, 1.82) is 0 Å². The summed E-state index contributed by atoms with van der Waals surface area (Å²) >= 11 is 0. The van der Waals surface area contributed by atoms with Gasteiger partial charge in [0.05, 0.1) is 5.56 Å². The van der Waals surface area contributed by atoms with Crippen LogP contribution in [-0.2, 0) is 11.0 Å². The molecule has 20 heavy (non-hydrogen) atoms. The maximum absolute atomic E-state index is 12.4. The lowest BCUT2D eigenvalue weighted by atomic mass is 9.97. The molecule has 2 nitrogen and oxygen atoms in total. The molecule has 0 aliphatic heterocycles. The van der Waals surface area contributed by atoms with Crippen LogP contribution in [0.1, 0.15) is 45.1 Å². The van der Waals surface area contributed by atoms with E-state index in [2.05, 4.69) is 5.32 Å². The third-order valence-electron chi connectivity index (χ3n) is 3.12. The number of hydrogen-bond acceptors (Lipinski definition) is 1. The lowest BCUT2D eigenvalue weighted by molar-refractivity contribution is -0.137. The zero-order chi connectivity index (χ0) is 15.2. The Kier molecular flexibility index (Phi) is 6.05. The van der Waals surface area contributed by atoms with Gasteiger partial charge in [-0.05, 0) is 37.1 Å². The summed E-state index contributed by atoms with van der Waals surface area (Å²) in [5.74, 6) is -0.194. The maximum atomic E-state index is 12.4. The first kappa shape index (κ1) is 16.5. The van der Waals surface area contributed by atoms with Crippen LogP contribution >= 0.6 is 0 Å². The van der Waals surface area contributed by atoms with Crippen LogP contribution in [0.25, 0.3) is 0 Å². The minimum absolute atomic E-state index is 0.0766. The Morgan fingerprint density at radius 3 is 2.00 bits per heavy atom. The average molecular weight is 287 g/mol. The second kappa shape index (κ2) is 7.31. The predicted molar refractivity (Wildman–Crippen MR) is 73.4 cm³/mol. The molecule has 0 heterocycles. The van der Waals surface area contributed by atoms with E-state index in [1.807, 2.05) is 13.8 Å². The van der Waals surface area contributed by atoms with Crippen molar-refractivity contribution in [3.8, 4) is 0 Å². The average Bonchev–Trinajstić information content (AvgIpc) is 2.38. The highest BCUT2D eigenvalue weighted by molar-refractivity contribution is 5.92. The van der Waals surface area contributed by atoms with Gasteiger partial charge in [-0.3, -0.25) is 4.79 Å². The fourth-order valence-electron chi connectivity index (χ4n) is 2.09. The normalized spacial score (nSPS) is 11.7. The standard InChI is InChI=1S/C15H20F3NO/c1-3-5-11(6-4-2)14(20)19-13-9-7-12(8-10-13)15(16,17)18/h7-11H,3-6H2,1-2H3,(H,19,20). The first-order valence-corrected chi connectivity index (χ1v) is 6.86. The topological polar surface area (TPSA) is 29.1 Å². The SMILES string of the molecule is CCCC(CCC)C(=O)Nc1ccc(C(F)(F)F)cc1. The molecule has 0 spiro atoms. The van der Waals surface area contributed by atoms with Gasteiger partial charge in [0.2, 0.25) is 5.91 Å². The van der Waals surface area contributed by atoms with Gasteiger partial charge in [0.1, 0.15) is 0 Å². The Morgan fingerprint density at radius 1 is 1.10 bits per heavy atom. The first-order chi connectivity index (χ1) is 9.38. The molecular weight excluding hydrogens is 267 g/mol. The smallest absolute Gasteiger partial charge is 0.326 e. The molecule has 0 aliphatic carbocycles. The molecule has 5 heteroatoms. The summed E-state index contributed by atoms with van der Waals surface area (Å²) < 4.78 is 37.3. The molecule has 0 radical (unpaired) electrons. The highest BCUT2D eigenvalue weighted by atomic mass is 19.4. The molecule has 0 fully saturated rings. The van der Waals surface area contributed by atoms with E-state index < -0.39 is 11.7 Å². The van der Waals surface area contributed by atoms with Crippen molar-refractivity contribution in [1.82, 2.24) is 0 Å². The van der Waals surface area contributed by atoms with Crippen molar-refractivity contribution >= 4 is 11.6 Å². The highest BCUT2D eigenvalue weighted by Gasteiger charge is 2.30. The highest BCUT2D eigenvalue weighted by Crippen LogP contribution is 2.30. The molecule has 1 N–H and O–H groups in total. The second-order valence-corrected chi connectivity index (χ2v) is 4.84. The summed E-state index contributed by atoms with van der Waals surface area (Å²) in [6.07, 6.45) is -0.952. The van der Waals surface area contributed by atoms with Crippen LogP contribution in [0.2, 0.25) is 0 Å². The minimum Gasteiger partial charge on any atom is -0.326 e. The number of halogens is 3. The van der Waals surface area contributed by atoms with E-state index in [-0.39, 0.29) is 11.8 Å². The van der Waals surface area contributed by atoms with Gasteiger partial charge in [0.25, 0.3) is 0 Å². The molecular formula is C15H20F3NO. The largest absolute Gasteiger partial charge is 0.416 e. The van der Waals surface area contributed by atoms with Crippen LogP contribution in [-0.4, -0.2) is 5.91 Å². The fourth-order valence-corrected chi connectivity index (χ4v) is 2.09. The lowest BCUT2D eigenvalue weighted by Gasteiger charge is -2.15. The van der Waals surface area contributed by atoms with Crippen molar-refractivity contribution in [2.45, 2.75) is 45.7 Å². The maximum Gasteiger partial charge on any atom is 0.416 e. The summed E-state index contributed by atoms with van der Waals surface area (Å²) in [5.41, 5.74) is -0.311. The second-order valence-electron chi connectivity index (χ2n) is 4.84. The summed E-state index contributed by atoms with van der Waals surface area (Å²) in [6.45, 7) is 4.02. The Hall–Kier alpha value is -1.52. The van der Waals surface area contributed by atoms with Gasteiger partial charge in [-0.1, -0.05) is 26.7 Å². The fraction of sp³-hybridized carbons (Fsp3) is 0.533. The Morgan fingerprint density at radius 2 is 1.60 bits per heavy atom. The third kappa shape index (κ3) is 4.87. The predicted octanol–water partition coefficient (Wildman–Crippen LogP) is 4.86. The monoisotopic (exact) mass is 287 g/mol. The van der Waals surface area contributed by atoms with E-state index in [0.717, 1.165) is 37.8 Å². The molecule has 0 bridgehead atoms. The van der Waals surface area contributed by atoms with Crippen LogP contribution in [0.3, 0.4) is 0 Å². The van der Waals surface area contributed by atoms with Gasteiger partial charge in [-0.25, -0.2) is 0 Å². The molecule has 1 rings (SSSR count). The number of benzene rings is 1. The third-order valence-corrected chi connectivity index (χ3v) is 3.12. The van der Waals surface area contributed by atoms with Crippen LogP contribution < -0.4 is 5.32 Å². The van der Waals surface area contributed by atoms with Gasteiger partial charge >= 0.3 is 6.18 Å². The quantitative estimate of drug-likeness (QED) is 0.795. The van der Waals surface area contributed by atoms with Crippen molar-refractivity contribution in [2.75, 3.05) is 5.32 Å². The summed E-state index contributed by atoms with van der Waals surface area (Å²) in [7, 11) is 0. The number of anilines is 1. The summed E-state index contributed by atoms with van der Waals surface area (Å²) in [4.78, 5) is 12.0. The van der Waals surface area contributed by atoms with E-state index in [0.29, 0.717) is 5.69 Å². The van der Waals surface area contributed by atoms with E-state index in [9.17, 15) is 18.0 Å². The van der Waals surface area contributed by atoms with E-state index in [1.54, 1.807) is 0 Å². The first-order valence-electron chi connectivity index (χ1n) is 6.86. The van der Waals surface area contributed by atoms with Crippen molar-refractivity contribution in [3.63, 3.8) is 0 Å². The summed E-state index contributed by atoms with van der Waals surface area (Å²) in [6, 6.07) is 4.53. The zero-order valence-corrected chi connectivity index (χ0v) is 11.8. The molecule has 112 valence electrons. The molecule has 0 saturated heterocycles. The Balaban J connectivity index is 2.70. The molecule has 0 atom stereocenters. The number of alkyl halides is 3. The van der Waals surface area contributed by atoms with Gasteiger partial charge in [0, 0.05) is 11.6 Å². The zero-order valence-electron chi connectivity index (χ0n) is 11.8. The van der Waals surface area contributed by atoms with Crippen molar-refractivity contribution in [2.24, 2.45) is 5.92 Å². The van der Waals surface area contributed by atoms with Crippen molar-refractivity contribution in [3.05, 3.63) is 29.8 Å². The summed E-state index contributed by atoms with van der Waals surface area (Å²) in [5, 5.41) is 2.68. The molecule has 0 aromatic heterocycles.